The van der Waals surface area contributed by atoms with E-state index < -0.39 is 0 Å². The summed E-state index contributed by atoms with van der Waals surface area (Å²) < 4.78 is 5.39. The van der Waals surface area contributed by atoms with E-state index in [0.717, 1.165) is 25.7 Å². The summed E-state index contributed by atoms with van der Waals surface area (Å²) in [6.07, 6.45) is 3.70. The molecule has 0 aliphatic carbocycles. The van der Waals surface area contributed by atoms with Gasteiger partial charge < -0.3 is 15.0 Å². The minimum Gasteiger partial charge on any atom is -0.380 e. The molecule has 0 radical (unpaired) electrons. The summed E-state index contributed by atoms with van der Waals surface area (Å²) >= 11 is 0. The Morgan fingerprint density at radius 1 is 1.31 bits per heavy atom. The fraction of sp³-hybridized carbons (Fsp3) is 1.00. The molecule has 0 amide bonds. The van der Waals surface area contributed by atoms with Crippen molar-refractivity contribution in [3.8, 4) is 0 Å². The minimum absolute atomic E-state index is 0.580. The summed E-state index contributed by atoms with van der Waals surface area (Å²) in [6, 6.07) is 1.23. The van der Waals surface area contributed by atoms with Gasteiger partial charge in [0.05, 0.1) is 6.61 Å². The van der Waals surface area contributed by atoms with Gasteiger partial charge in [-0.1, -0.05) is 26.7 Å². The van der Waals surface area contributed by atoms with Crippen LogP contribution in [0.3, 0.4) is 0 Å². The van der Waals surface area contributed by atoms with Crippen molar-refractivity contribution < 1.29 is 4.74 Å². The first-order chi connectivity index (χ1) is 7.69. The second kappa shape index (κ2) is 7.25. The molecule has 2 unspecified atom stereocenters. The van der Waals surface area contributed by atoms with Crippen LogP contribution < -0.4 is 5.32 Å². The van der Waals surface area contributed by atoms with Crippen molar-refractivity contribution in [2.45, 2.75) is 45.2 Å². The van der Waals surface area contributed by atoms with Crippen molar-refractivity contribution in [1.82, 2.24) is 10.2 Å². The van der Waals surface area contributed by atoms with Crippen LogP contribution in [0.5, 0.6) is 0 Å². The van der Waals surface area contributed by atoms with Crippen molar-refractivity contribution >= 4 is 0 Å². The zero-order valence-corrected chi connectivity index (χ0v) is 11.3. The summed E-state index contributed by atoms with van der Waals surface area (Å²) in [5.74, 6) is 0.796. The van der Waals surface area contributed by atoms with Crippen molar-refractivity contribution in [3.05, 3.63) is 0 Å². The number of hydrogen-bond acceptors (Lipinski definition) is 3. The maximum atomic E-state index is 5.39. The Labute approximate surface area is 101 Å². The van der Waals surface area contributed by atoms with Gasteiger partial charge in [0.25, 0.3) is 0 Å². The van der Waals surface area contributed by atoms with Crippen LogP contribution in [0, 0.1) is 5.92 Å². The average Bonchev–Trinajstić information content (AvgIpc) is 2.76. The highest BCUT2D eigenvalue weighted by molar-refractivity contribution is 4.80. The quantitative estimate of drug-likeness (QED) is 0.718. The summed E-state index contributed by atoms with van der Waals surface area (Å²) in [7, 11) is 4.38. The summed E-state index contributed by atoms with van der Waals surface area (Å²) in [4.78, 5) is 2.36. The van der Waals surface area contributed by atoms with E-state index in [1.807, 2.05) is 0 Å². The third-order valence-corrected chi connectivity index (χ3v) is 3.80. The third kappa shape index (κ3) is 4.04. The molecule has 1 aliphatic rings. The largest absolute Gasteiger partial charge is 0.380 e. The van der Waals surface area contributed by atoms with Crippen LogP contribution in [0.2, 0.25) is 0 Å². The normalized spacial score (nSPS) is 23.2. The number of hydrogen-bond donors (Lipinski definition) is 1. The Morgan fingerprint density at radius 2 is 2.00 bits per heavy atom. The molecule has 1 rings (SSSR count). The Kier molecular flexibility index (Phi) is 6.32. The van der Waals surface area contributed by atoms with Gasteiger partial charge in [0.15, 0.2) is 0 Å². The first-order valence-electron chi connectivity index (χ1n) is 6.66. The van der Waals surface area contributed by atoms with E-state index in [1.165, 1.54) is 19.3 Å². The van der Waals surface area contributed by atoms with E-state index >= 15 is 0 Å². The van der Waals surface area contributed by atoms with Gasteiger partial charge in [0.1, 0.15) is 0 Å². The van der Waals surface area contributed by atoms with Crippen molar-refractivity contribution in [1.29, 1.82) is 0 Å². The zero-order valence-electron chi connectivity index (χ0n) is 11.3. The van der Waals surface area contributed by atoms with Crippen LogP contribution in [0.25, 0.3) is 0 Å². The molecule has 1 heterocycles. The van der Waals surface area contributed by atoms with Gasteiger partial charge in [-0.05, 0) is 26.4 Å². The molecule has 96 valence electrons. The first-order valence-corrected chi connectivity index (χ1v) is 6.66. The van der Waals surface area contributed by atoms with E-state index in [2.05, 4.69) is 38.2 Å². The molecule has 0 aromatic heterocycles. The molecule has 0 aromatic rings. The standard InChI is InChI=1S/C13H28N2O/c1-5-11(6-2)13(15(3)4)9-14-12-7-8-16-10-12/h11-14H,5-10H2,1-4H3. The van der Waals surface area contributed by atoms with E-state index in [4.69, 9.17) is 4.74 Å². The van der Waals surface area contributed by atoms with Gasteiger partial charge in [0.2, 0.25) is 0 Å². The van der Waals surface area contributed by atoms with Crippen molar-refractivity contribution in [2.24, 2.45) is 5.92 Å². The number of nitrogens with zero attached hydrogens (tertiary/aromatic N) is 1. The van der Waals surface area contributed by atoms with Crippen LogP contribution in [-0.2, 0) is 4.74 Å². The van der Waals surface area contributed by atoms with Crippen LogP contribution in [0.15, 0.2) is 0 Å². The predicted octanol–water partition coefficient (Wildman–Crippen LogP) is 1.73. The van der Waals surface area contributed by atoms with Crippen LogP contribution in [0.1, 0.15) is 33.1 Å². The minimum atomic E-state index is 0.580. The van der Waals surface area contributed by atoms with Gasteiger partial charge in [-0.15, -0.1) is 0 Å². The molecular weight excluding hydrogens is 200 g/mol. The van der Waals surface area contributed by atoms with E-state index in [0.29, 0.717) is 12.1 Å². The van der Waals surface area contributed by atoms with E-state index in [1.54, 1.807) is 0 Å². The second-order valence-electron chi connectivity index (χ2n) is 5.08. The molecule has 1 fully saturated rings. The lowest BCUT2D eigenvalue weighted by molar-refractivity contribution is 0.173. The summed E-state index contributed by atoms with van der Waals surface area (Å²) in [6.45, 7) is 7.50. The molecular formula is C13H28N2O. The van der Waals surface area contributed by atoms with Crippen LogP contribution in [-0.4, -0.2) is 50.8 Å². The van der Waals surface area contributed by atoms with E-state index in [-0.39, 0.29) is 0 Å². The van der Waals surface area contributed by atoms with Gasteiger partial charge in [-0.25, -0.2) is 0 Å². The first kappa shape index (κ1) is 13.9. The Balaban J connectivity index is 2.37. The molecule has 16 heavy (non-hydrogen) atoms. The number of likely N-dealkylation sites (N-methyl/N-ethyl adjacent to an activating group) is 1. The molecule has 0 spiro atoms. The Bertz CT molecular complexity index is 175. The third-order valence-electron chi connectivity index (χ3n) is 3.80. The fourth-order valence-corrected chi connectivity index (χ4v) is 2.59. The monoisotopic (exact) mass is 228 g/mol. The maximum absolute atomic E-state index is 5.39. The van der Waals surface area contributed by atoms with Gasteiger partial charge in [0, 0.05) is 25.2 Å². The molecule has 3 nitrogen and oxygen atoms in total. The fourth-order valence-electron chi connectivity index (χ4n) is 2.59. The maximum Gasteiger partial charge on any atom is 0.0620 e. The molecule has 0 saturated carbocycles. The second-order valence-corrected chi connectivity index (χ2v) is 5.08. The lowest BCUT2D eigenvalue weighted by Crippen LogP contribution is -2.46. The number of nitrogens with one attached hydrogen (secondary N) is 1. The zero-order chi connectivity index (χ0) is 12.0. The summed E-state index contributed by atoms with van der Waals surface area (Å²) in [5, 5.41) is 3.65. The number of rotatable bonds is 7. The Morgan fingerprint density at radius 3 is 2.44 bits per heavy atom. The van der Waals surface area contributed by atoms with Crippen molar-refractivity contribution in [3.63, 3.8) is 0 Å². The Hall–Kier alpha value is -0.120. The lowest BCUT2D eigenvalue weighted by Gasteiger charge is -2.32. The van der Waals surface area contributed by atoms with Gasteiger partial charge in [-0.3, -0.25) is 0 Å². The summed E-state index contributed by atoms with van der Waals surface area (Å²) in [5.41, 5.74) is 0. The van der Waals surface area contributed by atoms with Crippen LogP contribution in [0.4, 0.5) is 0 Å². The van der Waals surface area contributed by atoms with Gasteiger partial charge in [-0.2, -0.15) is 0 Å². The van der Waals surface area contributed by atoms with Gasteiger partial charge >= 0.3 is 0 Å². The molecule has 3 heteroatoms. The molecule has 1 N–H and O–H groups in total. The topological polar surface area (TPSA) is 24.5 Å². The molecule has 1 saturated heterocycles. The predicted molar refractivity (Wildman–Crippen MR) is 68.8 cm³/mol. The van der Waals surface area contributed by atoms with Crippen molar-refractivity contribution in [2.75, 3.05) is 33.9 Å². The molecule has 2 atom stereocenters. The lowest BCUT2D eigenvalue weighted by atomic mass is 9.93. The highest BCUT2D eigenvalue weighted by Crippen LogP contribution is 2.17. The molecule has 0 aromatic carbocycles. The molecule has 1 aliphatic heterocycles. The SMILES string of the molecule is CCC(CC)C(CNC1CCOC1)N(C)C. The average molecular weight is 228 g/mol. The molecule has 0 bridgehead atoms. The highest BCUT2D eigenvalue weighted by atomic mass is 16.5. The smallest absolute Gasteiger partial charge is 0.0620 e. The highest BCUT2D eigenvalue weighted by Gasteiger charge is 2.22. The number of ether oxygens (including phenoxy) is 1. The van der Waals surface area contributed by atoms with E-state index in [9.17, 15) is 0 Å². The van der Waals surface area contributed by atoms with Crippen LogP contribution >= 0.6 is 0 Å².